The molecule has 0 saturated heterocycles. The zero-order valence-corrected chi connectivity index (χ0v) is 16.0. The number of nitrogens with one attached hydrogen (secondary N) is 1. The Bertz CT molecular complexity index is 898. The largest absolute Gasteiger partial charge is 0.325 e. The molecule has 0 fully saturated rings. The molecule has 0 aromatic heterocycles. The van der Waals surface area contributed by atoms with E-state index in [2.05, 4.69) is 10.3 Å². The van der Waals surface area contributed by atoms with E-state index in [1.54, 1.807) is 18.2 Å². The second-order valence-electron chi connectivity index (χ2n) is 5.86. The van der Waals surface area contributed by atoms with Gasteiger partial charge in [0.1, 0.15) is 6.54 Å². The van der Waals surface area contributed by atoms with E-state index in [9.17, 15) is 9.59 Å². The Morgan fingerprint density at radius 2 is 2.00 bits per heavy atom. The number of para-hydroxylation sites is 1. The monoisotopic (exact) mass is 387 g/mol. The van der Waals surface area contributed by atoms with E-state index in [0.29, 0.717) is 15.9 Å². The van der Waals surface area contributed by atoms with Gasteiger partial charge in [0.2, 0.25) is 5.91 Å². The lowest BCUT2D eigenvalue weighted by Crippen LogP contribution is -2.31. The van der Waals surface area contributed by atoms with Crippen LogP contribution in [0, 0.1) is 13.8 Å². The van der Waals surface area contributed by atoms with Gasteiger partial charge in [0.05, 0.1) is 16.5 Å². The topological polar surface area (TPSA) is 61.8 Å². The Morgan fingerprint density at radius 3 is 2.77 bits per heavy atom. The Kier molecular flexibility index (Phi) is 5.64. The Hall–Kier alpha value is -2.31. The summed E-state index contributed by atoms with van der Waals surface area (Å²) in [4.78, 5) is 30.2. The van der Waals surface area contributed by atoms with Crippen LogP contribution in [0.4, 0.5) is 11.4 Å². The van der Waals surface area contributed by atoms with Crippen molar-refractivity contribution in [3.63, 3.8) is 0 Å². The van der Waals surface area contributed by atoms with Crippen molar-refractivity contribution in [3.8, 4) is 0 Å². The molecule has 7 heteroatoms. The highest BCUT2D eigenvalue weighted by atomic mass is 35.5. The number of amides is 2. The molecule has 134 valence electrons. The van der Waals surface area contributed by atoms with Crippen molar-refractivity contribution in [1.82, 2.24) is 0 Å². The molecule has 1 aliphatic rings. The highest BCUT2D eigenvalue weighted by molar-refractivity contribution is 8.14. The van der Waals surface area contributed by atoms with E-state index in [1.807, 2.05) is 38.1 Å². The summed E-state index contributed by atoms with van der Waals surface area (Å²) in [6, 6.07) is 12.9. The third kappa shape index (κ3) is 3.92. The molecule has 2 aromatic carbocycles. The minimum atomic E-state index is -0.157. The van der Waals surface area contributed by atoms with Crippen LogP contribution in [0.2, 0.25) is 5.02 Å². The van der Waals surface area contributed by atoms with Crippen LogP contribution < -0.4 is 10.2 Å². The number of hydrogen-bond donors (Lipinski definition) is 1. The van der Waals surface area contributed by atoms with Gasteiger partial charge in [0.15, 0.2) is 5.17 Å². The molecule has 0 atom stereocenters. The number of benzene rings is 2. The Labute approximate surface area is 161 Å². The van der Waals surface area contributed by atoms with Crippen molar-refractivity contribution in [2.75, 3.05) is 22.5 Å². The third-order valence-electron chi connectivity index (χ3n) is 4.09. The molecule has 0 unspecified atom stereocenters. The van der Waals surface area contributed by atoms with Crippen LogP contribution in [0.1, 0.15) is 11.1 Å². The normalized spacial score (nSPS) is 13.7. The maximum Gasteiger partial charge on any atom is 0.254 e. The van der Waals surface area contributed by atoms with Gasteiger partial charge in [-0.3, -0.25) is 19.5 Å². The number of anilines is 2. The van der Waals surface area contributed by atoms with E-state index in [0.717, 1.165) is 16.8 Å². The fourth-order valence-corrected chi connectivity index (χ4v) is 3.60. The fraction of sp³-hybridized carbons (Fsp3) is 0.211. The quantitative estimate of drug-likeness (QED) is 0.861. The first-order valence-electron chi connectivity index (χ1n) is 8.08. The van der Waals surface area contributed by atoms with Crippen molar-refractivity contribution < 1.29 is 9.59 Å². The Balaban J connectivity index is 1.67. The van der Waals surface area contributed by atoms with Crippen molar-refractivity contribution in [3.05, 3.63) is 58.6 Å². The molecule has 0 spiro atoms. The van der Waals surface area contributed by atoms with E-state index in [1.165, 1.54) is 16.7 Å². The maximum absolute atomic E-state index is 12.3. The predicted octanol–water partition coefficient (Wildman–Crippen LogP) is 4.03. The number of aliphatic imine (C=N–C) groups is 1. The number of hydrogen-bond acceptors (Lipinski definition) is 4. The SMILES string of the molecule is Cc1cccc(NC(=O)CSC2=NCC(=O)N2c2ccccc2Cl)c1C. The summed E-state index contributed by atoms with van der Waals surface area (Å²) in [6.07, 6.45) is 0. The molecule has 1 aliphatic heterocycles. The number of nitrogens with zero attached hydrogens (tertiary/aromatic N) is 2. The summed E-state index contributed by atoms with van der Waals surface area (Å²) in [5.74, 6) is -0.152. The van der Waals surface area contributed by atoms with Gasteiger partial charge in [0, 0.05) is 5.69 Å². The second-order valence-corrected chi connectivity index (χ2v) is 7.21. The van der Waals surface area contributed by atoms with Crippen LogP contribution in [0.15, 0.2) is 47.5 Å². The molecular formula is C19H18ClN3O2S. The smallest absolute Gasteiger partial charge is 0.254 e. The first-order valence-corrected chi connectivity index (χ1v) is 9.44. The van der Waals surface area contributed by atoms with Gasteiger partial charge in [0.25, 0.3) is 5.91 Å². The number of thioether (sulfide) groups is 1. The molecule has 0 aliphatic carbocycles. The first kappa shape index (κ1) is 18.5. The molecule has 1 heterocycles. The maximum atomic E-state index is 12.3. The predicted molar refractivity (Wildman–Crippen MR) is 108 cm³/mol. The standard InChI is InChI=1S/C19H18ClN3O2S/c1-12-6-5-8-15(13(12)2)22-17(24)11-26-19-21-10-18(25)23(19)16-9-4-3-7-14(16)20/h3-9H,10-11H2,1-2H3,(H,22,24). The average molecular weight is 388 g/mol. The van der Waals surface area contributed by atoms with Crippen molar-refractivity contribution in [2.24, 2.45) is 4.99 Å². The van der Waals surface area contributed by atoms with Crippen molar-refractivity contribution >= 4 is 51.7 Å². The number of carbonyl (C=O) groups is 2. The zero-order valence-electron chi connectivity index (χ0n) is 14.5. The fourth-order valence-electron chi connectivity index (χ4n) is 2.57. The van der Waals surface area contributed by atoms with Crippen LogP contribution in [0.25, 0.3) is 0 Å². The minimum Gasteiger partial charge on any atom is -0.325 e. The molecule has 0 saturated carbocycles. The van der Waals surface area contributed by atoms with Crippen LogP contribution in [-0.2, 0) is 9.59 Å². The summed E-state index contributed by atoms with van der Waals surface area (Å²) in [6.45, 7) is 4.03. The molecule has 0 bridgehead atoms. The summed E-state index contributed by atoms with van der Waals surface area (Å²) < 4.78 is 0. The van der Waals surface area contributed by atoms with E-state index >= 15 is 0 Å². The number of aryl methyl sites for hydroxylation is 1. The number of halogens is 1. The van der Waals surface area contributed by atoms with Crippen LogP contribution in [0.5, 0.6) is 0 Å². The molecule has 1 N–H and O–H groups in total. The number of rotatable bonds is 4. The highest BCUT2D eigenvalue weighted by Gasteiger charge is 2.29. The van der Waals surface area contributed by atoms with Gasteiger partial charge >= 0.3 is 0 Å². The summed E-state index contributed by atoms with van der Waals surface area (Å²) in [7, 11) is 0. The number of carbonyl (C=O) groups excluding carboxylic acids is 2. The van der Waals surface area contributed by atoms with Gasteiger partial charge in [-0.25, -0.2) is 0 Å². The van der Waals surface area contributed by atoms with Gasteiger partial charge in [-0.2, -0.15) is 0 Å². The molecule has 3 rings (SSSR count). The van der Waals surface area contributed by atoms with Crippen LogP contribution >= 0.6 is 23.4 Å². The first-order chi connectivity index (χ1) is 12.5. The molecule has 2 aromatic rings. The molecule has 0 radical (unpaired) electrons. The summed E-state index contributed by atoms with van der Waals surface area (Å²) in [5.41, 5.74) is 3.53. The lowest BCUT2D eigenvalue weighted by Gasteiger charge is -2.19. The molecule has 5 nitrogen and oxygen atoms in total. The highest BCUT2D eigenvalue weighted by Crippen LogP contribution is 2.30. The van der Waals surface area contributed by atoms with Crippen molar-refractivity contribution in [2.45, 2.75) is 13.8 Å². The van der Waals surface area contributed by atoms with E-state index < -0.39 is 0 Å². The average Bonchev–Trinajstić information content (AvgIpc) is 2.98. The summed E-state index contributed by atoms with van der Waals surface area (Å²) >= 11 is 7.42. The minimum absolute atomic E-state index is 0.0617. The third-order valence-corrected chi connectivity index (χ3v) is 5.39. The van der Waals surface area contributed by atoms with Crippen LogP contribution in [0.3, 0.4) is 0 Å². The number of amidine groups is 1. The van der Waals surface area contributed by atoms with Crippen molar-refractivity contribution in [1.29, 1.82) is 0 Å². The van der Waals surface area contributed by atoms with Gasteiger partial charge in [-0.05, 0) is 43.2 Å². The summed E-state index contributed by atoms with van der Waals surface area (Å²) in [5, 5.41) is 3.86. The lowest BCUT2D eigenvalue weighted by atomic mass is 10.1. The molecular weight excluding hydrogens is 370 g/mol. The Morgan fingerprint density at radius 1 is 1.23 bits per heavy atom. The van der Waals surface area contributed by atoms with Crippen LogP contribution in [-0.4, -0.2) is 29.3 Å². The van der Waals surface area contributed by atoms with E-state index in [4.69, 9.17) is 11.6 Å². The molecule has 26 heavy (non-hydrogen) atoms. The lowest BCUT2D eigenvalue weighted by molar-refractivity contribution is -0.116. The van der Waals surface area contributed by atoms with Gasteiger partial charge < -0.3 is 5.32 Å². The molecule has 2 amide bonds. The zero-order chi connectivity index (χ0) is 18.7. The van der Waals surface area contributed by atoms with E-state index in [-0.39, 0.29) is 24.1 Å². The van der Waals surface area contributed by atoms with Gasteiger partial charge in [-0.1, -0.05) is 47.6 Å². The second kappa shape index (κ2) is 7.93. The van der Waals surface area contributed by atoms with Gasteiger partial charge in [-0.15, -0.1) is 0 Å².